The van der Waals surface area contributed by atoms with E-state index in [-0.39, 0.29) is 29.9 Å². The Labute approximate surface area is 222 Å². The number of hydrogen-bond donors (Lipinski definition) is 6. The molecule has 0 bridgehead atoms. The molecule has 1 aliphatic rings. The van der Waals surface area contributed by atoms with Gasteiger partial charge in [-0.15, -0.1) is 11.3 Å². The van der Waals surface area contributed by atoms with E-state index in [1.807, 2.05) is 0 Å². The van der Waals surface area contributed by atoms with Crippen LogP contribution in [0.15, 0.2) is 29.6 Å². The lowest BCUT2D eigenvalue weighted by molar-refractivity contribution is -0.250. The predicted molar refractivity (Wildman–Crippen MR) is 136 cm³/mol. The van der Waals surface area contributed by atoms with E-state index in [4.69, 9.17) is 35.8 Å². The summed E-state index contributed by atoms with van der Waals surface area (Å²) >= 11 is 1.11. The van der Waals surface area contributed by atoms with E-state index >= 15 is 0 Å². The number of nitrogen functional groups attached to an aromatic ring is 2. The minimum absolute atomic E-state index is 0.0159. The number of hydroxylamine groups is 3. The van der Waals surface area contributed by atoms with Gasteiger partial charge in [0, 0.05) is 10.9 Å². The molecule has 1 aromatic carbocycles. The van der Waals surface area contributed by atoms with Gasteiger partial charge in [-0.2, -0.15) is 13.9 Å². The quantitative estimate of drug-likeness (QED) is 0.0454. The smallest absolute Gasteiger partial charge is 0.292 e. The van der Waals surface area contributed by atoms with Crippen LogP contribution in [0.5, 0.6) is 5.75 Å². The average molecular weight is 572 g/mol. The number of aromatic nitrogens is 1. The second-order valence-corrected chi connectivity index (χ2v) is 11.2. The number of nitrogens with one attached hydrogen (secondary N) is 3. The zero-order valence-electron chi connectivity index (χ0n) is 20.8. The third-order valence-corrected chi connectivity index (χ3v) is 6.74. The highest BCUT2D eigenvalue weighted by atomic mass is 32.2. The van der Waals surface area contributed by atoms with E-state index in [0.29, 0.717) is 11.3 Å². The van der Waals surface area contributed by atoms with Gasteiger partial charge in [-0.05, 0) is 45.0 Å². The molecule has 0 saturated carbocycles. The van der Waals surface area contributed by atoms with Crippen LogP contribution in [0.3, 0.4) is 0 Å². The second-order valence-electron chi connectivity index (χ2n) is 8.95. The van der Waals surface area contributed by atoms with Crippen LogP contribution in [-0.4, -0.2) is 71.4 Å². The number of amides is 2. The van der Waals surface area contributed by atoms with Crippen molar-refractivity contribution in [3.63, 3.8) is 0 Å². The number of hydrogen-bond acceptors (Lipinski definition) is 12. The summed E-state index contributed by atoms with van der Waals surface area (Å²) in [5.74, 6) is -2.04. The Kier molecular flexibility index (Phi) is 8.59. The number of nitrogens with zero attached hydrogens (tertiary/aromatic N) is 2. The number of rotatable bonds is 13. The molecule has 0 aliphatic carbocycles. The van der Waals surface area contributed by atoms with E-state index in [1.165, 1.54) is 6.92 Å². The molecule has 2 heterocycles. The highest BCUT2D eigenvalue weighted by Crippen LogP contribution is 2.33. The molecule has 1 saturated heterocycles. The standard InChI is InChI=1S/C21H29N7O8S2/c1-20(2)15(17(29)28(20)36-11-38(31,32)33)26-18(30)21(3,14-10-37-19(24)25-14)27-35-9-8-34-13-6-4-12(5-7-13)16(22)23/h4-7,10,15,27H,8-9,11H2,1-3H3,(H3,22,23)(H2,24,25)(H,26,30)(H,31,32,33). The number of thiazole rings is 1. The molecular formula is C21H29N7O8S2. The maximum atomic E-state index is 13.4. The molecule has 2 unspecified atom stereocenters. The van der Waals surface area contributed by atoms with Gasteiger partial charge in [0.05, 0.1) is 11.2 Å². The maximum Gasteiger partial charge on any atom is 0.292 e. The molecule has 3 rings (SSSR count). The van der Waals surface area contributed by atoms with E-state index in [1.54, 1.807) is 43.5 Å². The normalized spacial score (nSPS) is 18.4. The number of amidine groups is 1. The van der Waals surface area contributed by atoms with Gasteiger partial charge in [-0.25, -0.2) is 10.0 Å². The first-order valence-corrected chi connectivity index (χ1v) is 13.5. The Morgan fingerprint density at radius 1 is 1.32 bits per heavy atom. The topological polar surface area (TPSA) is 232 Å². The fourth-order valence-corrected chi connectivity index (χ4v) is 4.39. The van der Waals surface area contributed by atoms with Crippen molar-refractivity contribution in [2.75, 3.05) is 24.9 Å². The Bertz CT molecular complexity index is 1300. The van der Waals surface area contributed by atoms with Crippen LogP contribution in [0, 0.1) is 5.41 Å². The van der Waals surface area contributed by atoms with Crippen molar-refractivity contribution in [3.05, 3.63) is 40.9 Å². The highest BCUT2D eigenvalue weighted by molar-refractivity contribution is 7.85. The first kappa shape index (κ1) is 29.2. The molecule has 2 amide bonds. The lowest BCUT2D eigenvalue weighted by Gasteiger charge is -2.52. The molecule has 1 fully saturated rings. The van der Waals surface area contributed by atoms with Crippen LogP contribution in [0.1, 0.15) is 32.0 Å². The fourth-order valence-electron chi connectivity index (χ4n) is 3.48. The van der Waals surface area contributed by atoms with Crippen molar-refractivity contribution in [3.8, 4) is 5.75 Å². The number of ether oxygens (including phenoxy) is 1. The van der Waals surface area contributed by atoms with Gasteiger partial charge in [-0.3, -0.25) is 29.2 Å². The summed E-state index contributed by atoms with van der Waals surface area (Å²) in [5, 5.41) is 12.6. The van der Waals surface area contributed by atoms with Gasteiger partial charge in [0.1, 0.15) is 30.8 Å². The molecule has 2 atom stereocenters. The van der Waals surface area contributed by atoms with Crippen LogP contribution in [-0.2, 0) is 34.9 Å². The third-order valence-electron chi connectivity index (χ3n) is 5.67. The monoisotopic (exact) mass is 571 g/mol. The van der Waals surface area contributed by atoms with Crippen molar-refractivity contribution < 1.29 is 37.0 Å². The second kappa shape index (κ2) is 11.2. The van der Waals surface area contributed by atoms with Crippen molar-refractivity contribution in [1.82, 2.24) is 20.8 Å². The Hall–Kier alpha value is -3.35. The first-order chi connectivity index (χ1) is 17.6. The number of β-lactam (4-membered cyclic amide) rings is 1. The van der Waals surface area contributed by atoms with Crippen LogP contribution in [0.2, 0.25) is 0 Å². The Morgan fingerprint density at radius 2 is 1.97 bits per heavy atom. The van der Waals surface area contributed by atoms with Crippen LogP contribution in [0.25, 0.3) is 0 Å². The van der Waals surface area contributed by atoms with Crippen LogP contribution >= 0.6 is 11.3 Å². The molecule has 1 aromatic heterocycles. The minimum Gasteiger partial charge on any atom is -0.491 e. The average Bonchev–Trinajstić information content (AvgIpc) is 3.28. The number of carbonyl (C=O) groups is 2. The van der Waals surface area contributed by atoms with E-state index in [9.17, 15) is 18.0 Å². The van der Waals surface area contributed by atoms with Crippen molar-refractivity contribution in [2.24, 2.45) is 5.73 Å². The van der Waals surface area contributed by atoms with Crippen LogP contribution < -0.4 is 27.0 Å². The molecule has 208 valence electrons. The Morgan fingerprint density at radius 3 is 2.50 bits per heavy atom. The molecule has 17 heteroatoms. The Balaban J connectivity index is 1.62. The summed E-state index contributed by atoms with van der Waals surface area (Å²) in [7, 11) is -4.48. The zero-order chi connectivity index (χ0) is 28.3. The summed E-state index contributed by atoms with van der Waals surface area (Å²) < 4.78 is 36.4. The molecule has 0 spiro atoms. The number of nitrogens with two attached hydrogens (primary N) is 2. The van der Waals surface area contributed by atoms with Crippen molar-refractivity contribution >= 4 is 44.2 Å². The molecule has 15 nitrogen and oxygen atoms in total. The minimum atomic E-state index is -4.48. The zero-order valence-corrected chi connectivity index (χ0v) is 22.4. The van der Waals surface area contributed by atoms with E-state index < -0.39 is 45.0 Å². The van der Waals surface area contributed by atoms with Crippen molar-refractivity contribution in [1.29, 1.82) is 5.41 Å². The van der Waals surface area contributed by atoms with E-state index in [2.05, 4.69) is 15.8 Å². The summed E-state index contributed by atoms with van der Waals surface area (Å²) in [6.07, 6.45) is 0. The predicted octanol–water partition coefficient (Wildman–Crippen LogP) is -0.293. The van der Waals surface area contributed by atoms with Gasteiger partial charge in [0.2, 0.25) is 11.8 Å². The van der Waals surface area contributed by atoms with Crippen molar-refractivity contribution in [2.45, 2.75) is 37.9 Å². The maximum absolute atomic E-state index is 13.4. The molecule has 2 aromatic rings. The SMILES string of the molecule is CC(NOCCOc1ccc(C(=N)N)cc1)(C(=O)NC1C(=O)N(OCS(=O)(=O)O)C1(C)C)c1csc(N)n1. The summed E-state index contributed by atoms with van der Waals surface area (Å²) in [5.41, 5.74) is 11.9. The van der Waals surface area contributed by atoms with Gasteiger partial charge < -0.3 is 21.5 Å². The number of carbonyl (C=O) groups excluding carboxylic acids is 2. The largest absolute Gasteiger partial charge is 0.491 e. The van der Waals surface area contributed by atoms with E-state index in [0.717, 1.165) is 16.4 Å². The highest BCUT2D eigenvalue weighted by Gasteiger charge is 2.57. The van der Waals surface area contributed by atoms with Gasteiger partial charge in [0.15, 0.2) is 10.7 Å². The summed E-state index contributed by atoms with van der Waals surface area (Å²) in [6, 6.07) is 5.52. The molecular weight excluding hydrogens is 542 g/mol. The first-order valence-electron chi connectivity index (χ1n) is 11.1. The third kappa shape index (κ3) is 6.55. The van der Waals surface area contributed by atoms with Gasteiger partial charge >= 0.3 is 0 Å². The number of benzene rings is 1. The lowest BCUT2D eigenvalue weighted by atomic mass is 9.83. The lowest BCUT2D eigenvalue weighted by Crippen LogP contribution is -2.77. The van der Waals surface area contributed by atoms with Gasteiger partial charge in [-0.1, -0.05) is 0 Å². The molecule has 38 heavy (non-hydrogen) atoms. The molecule has 0 radical (unpaired) electrons. The summed E-state index contributed by atoms with van der Waals surface area (Å²) in [4.78, 5) is 40.5. The van der Waals surface area contributed by atoms with Gasteiger partial charge in [0.25, 0.3) is 16.0 Å². The van der Waals surface area contributed by atoms with Crippen LogP contribution in [0.4, 0.5) is 5.13 Å². The summed E-state index contributed by atoms with van der Waals surface area (Å²) in [6.45, 7) is 4.71. The molecule has 8 N–H and O–H groups in total. The fraction of sp³-hybridized carbons (Fsp3) is 0.429. The number of anilines is 1. The molecule has 1 aliphatic heterocycles.